The first-order chi connectivity index (χ1) is 15.3. The van der Waals surface area contributed by atoms with E-state index in [1.54, 1.807) is 12.3 Å². The van der Waals surface area contributed by atoms with Crippen LogP contribution in [0.5, 0.6) is 0 Å². The Bertz CT molecular complexity index is 1210. The summed E-state index contributed by atoms with van der Waals surface area (Å²) in [4.78, 5) is 16.1. The highest BCUT2D eigenvalue weighted by atomic mass is 19.4. The van der Waals surface area contributed by atoms with E-state index in [1.807, 2.05) is 61.5 Å². The first-order valence-electron chi connectivity index (χ1n) is 10.4. The van der Waals surface area contributed by atoms with E-state index >= 15 is 0 Å². The first-order valence-corrected chi connectivity index (χ1v) is 10.4. The number of fused-ring (bicyclic) bond motifs is 1. The topological polar surface area (TPSA) is 44.9 Å². The van der Waals surface area contributed by atoms with E-state index in [1.165, 1.54) is 12.1 Å². The molecule has 1 heterocycles. The Morgan fingerprint density at radius 2 is 1.56 bits per heavy atom. The van der Waals surface area contributed by atoms with Gasteiger partial charge in [0, 0.05) is 29.4 Å². The minimum atomic E-state index is -4.52. The third kappa shape index (κ3) is 4.54. The molecule has 0 radical (unpaired) electrons. The van der Waals surface area contributed by atoms with E-state index in [-0.39, 0.29) is 23.9 Å². The second-order valence-corrected chi connectivity index (χ2v) is 7.83. The lowest BCUT2D eigenvalue weighted by atomic mass is 9.85. The second-order valence-electron chi connectivity index (χ2n) is 7.83. The van der Waals surface area contributed by atoms with Crippen molar-refractivity contribution in [3.8, 4) is 0 Å². The van der Waals surface area contributed by atoms with Gasteiger partial charge in [-0.3, -0.25) is 4.79 Å². The SMILES string of the molecule is CC(NC(=O)CC(c1ccccc1C(F)(F)F)c1c[nH]c2ccccc12)c1ccccc1. The Hall–Kier alpha value is -3.54. The van der Waals surface area contributed by atoms with Crippen LogP contribution in [0.3, 0.4) is 0 Å². The molecule has 0 spiro atoms. The van der Waals surface area contributed by atoms with Crippen molar-refractivity contribution in [3.05, 3.63) is 107 Å². The van der Waals surface area contributed by atoms with Crippen LogP contribution in [0, 0.1) is 0 Å². The fourth-order valence-corrected chi connectivity index (χ4v) is 4.14. The summed E-state index contributed by atoms with van der Waals surface area (Å²) in [5.74, 6) is -1.07. The average Bonchev–Trinajstić information content (AvgIpc) is 3.21. The summed E-state index contributed by atoms with van der Waals surface area (Å²) < 4.78 is 41.5. The molecule has 0 aliphatic heterocycles. The van der Waals surface area contributed by atoms with Gasteiger partial charge in [0.2, 0.25) is 5.91 Å². The Morgan fingerprint density at radius 1 is 0.906 bits per heavy atom. The van der Waals surface area contributed by atoms with Crippen molar-refractivity contribution < 1.29 is 18.0 Å². The maximum Gasteiger partial charge on any atom is 0.416 e. The van der Waals surface area contributed by atoms with Crippen LogP contribution in [-0.4, -0.2) is 10.9 Å². The normalized spacial score (nSPS) is 13.6. The van der Waals surface area contributed by atoms with Crippen LogP contribution in [0.25, 0.3) is 10.9 Å². The highest BCUT2D eigenvalue weighted by molar-refractivity contribution is 5.86. The highest BCUT2D eigenvalue weighted by Crippen LogP contribution is 2.40. The molecule has 0 aliphatic rings. The second kappa shape index (κ2) is 8.91. The molecule has 0 aliphatic carbocycles. The van der Waals surface area contributed by atoms with Crippen LogP contribution in [0.1, 0.15) is 47.6 Å². The number of aromatic nitrogens is 1. The molecule has 1 aromatic heterocycles. The summed E-state index contributed by atoms with van der Waals surface area (Å²) in [7, 11) is 0. The zero-order chi connectivity index (χ0) is 22.7. The molecule has 6 heteroatoms. The number of para-hydroxylation sites is 1. The summed E-state index contributed by atoms with van der Waals surface area (Å²) >= 11 is 0. The molecular weight excluding hydrogens is 413 g/mol. The summed E-state index contributed by atoms with van der Waals surface area (Å²) in [5.41, 5.74) is 1.78. The Labute approximate surface area is 184 Å². The third-order valence-corrected chi connectivity index (χ3v) is 5.70. The van der Waals surface area contributed by atoms with Gasteiger partial charge in [0.1, 0.15) is 0 Å². The maximum atomic E-state index is 13.8. The van der Waals surface area contributed by atoms with Gasteiger partial charge >= 0.3 is 6.18 Å². The number of carbonyl (C=O) groups is 1. The van der Waals surface area contributed by atoms with E-state index in [9.17, 15) is 18.0 Å². The van der Waals surface area contributed by atoms with Crippen molar-refractivity contribution >= 4 is 16.8 Å². The Morgan fingerprint density at radius 3 is 2.31 bits per heavy atom. The van der Waals surface area contributed by atoms with Crippen molar-refractivity contribution in [2.24, 2.45) is 0 Å². The molecule has 0 saturated heterocycles. The van der Waals surface area contributed by atoms with Crippen molar-refractivity contribution in [1.82, 2.24) is 10.3 Å². The van der Waals surface area contributed by atoms with E-state index in [0.29, 0.717) is 5.56 Å². The number of benzene rings is 3. The van der Waals surface area contributed by atoms with Crippen molar-refractivity contribution in [1.29, 1.82) is 0 Å². The van der Waals surface area contributed by atoms with Gasteiger partial charge in [0.05, 0.1) is 11.6 Å². The number of carbonyl (C=O) groups excluding carboxylic acids is 1. The fourth-order valence-electron chi connectivity index (χ4n) is 4.14. The molecule has 2 N–H and O–H groups in total. The number of amides is 1. The fraction of sp³-hybridized carbons (Fsp3) is 0.192. The predicted octanol–water partition coefficient (Wildman–Crippen LogP) is 6.59. The van der Waals surface area contributed by atoms with Gasteiger partial charge in [0.15, 0.2) is 0 Å². The monoisotopic (exact) mass is 436 g/mol. The van der Waals surface area contributed by atoms with Crippen molar-refractivity contribution in [2.45, 2.75) is 31.5 Å². The maximum absolute atomic E-state index is 13.8. The number of rotatable bonds is 6. The number of halogens is 3. The molecule has 3 nitrogen and oxygen atoms in total. The average molecular weight is 436 g/mol. The van der Waals surface area contributed by atoms with Gasteiger partial charge in [0.25, 0.3) is 0 Å². The molecule has 164 valence electrons. The van der Waals surface area contributed by atoms with Crippen LogP contribution >= 0.6 is 0 Å². The molecule has 1 amide bonds. The Kier molecular flexibility index (Phi) is 6.04. The minimum Gasteiger partial charge on any atom is -0.361 e. The number of aromatic amines is 1. The predicted molar refractivity (Wildman–Crippen MR) is 119 cm³/mol. The molecule has 2 unspecified atom stereocenters. The number of H-pyrrole nitrogens is 1. The van der Waals surface area contributed by atoms with Crippen LogP contribution in [0.4, 0.5) is 13.2 Å². The standard InChI is InChI=1S/C26H23F3N2O/c1-17(18-9-3-2-4-10-18)31-25(32)15-21(19-11-5-7-13-23(19)26(27,28)29)22-16-30-24-14-8-6-12-20(22)24/h2-14,16-17,21,30H,15H2,1H3,(H,31,32). The van der Waals surface area contributed by atoms with E-state index in [0.717, 1.165) is 22.5 Å². The Balaban J connectivity index is 1.72. The highest BCUT2D eigenvalue weighted by Gasteiger charge is 2.36. The number of alkyl halides is 3. The summed E-state index contributed by atoms with van der Waals surface area (Å²) in [6.45, 7) is 1.86. The molecule has 0 saturated carbocycles. The lowest BCUT2D eigenvalue weighted by Crippen LogP contribution is -2.28. The lowest BCUT2D eigenvalue weighted by Gasteiger charge is -2.23. The van der Waals surface area contributed by atoms with E-state index in [4.69, 9.17) is 0 Å². The summed E-state index contributed by atoms with van der Waals surface area (Å²) in [6, 6.07) is 22.1. The van der Waals surface area contributed by atoms with Crippen LogP contribution in [-0.2, 0) is 11.0 Å². The summed E-state index contributed by atoms with van der Waals surface area (Å²) in [5, 5.41) is 3.74. The van der Waals surface area contributed by atoms with Gasteiger partial charge in [-0.2, -0.15) is 13.2 Å². The molecule has 0 bridgehead atoms. The molecule has 2 atom stereocenters. The smallest absolute Gasteiger partial charge is 0.361 e. The van der Waals surface area contributed by atoms with Gasteiger partial charge < -0.3 is 10.3 Å². The zero-order valence-electron chi connectivity index (χ0n) is 17.5. The zero-order valence-corrected chi connectivity index (χ0v) is 17.5. The third-order valence-electron chi connectivity index (χ3n) is 5.70. The molecule has 4 rings (SSSR count). The van der Waals surface area contributed by atoms with Crippen LogP contribution < -0.4 is 5.32 Å². The van der Waals surface area contributed by atoms with E-state index < -0.39 is 17.7 Å². The van der Waals surface area contributed by atoms with Gasteiger partial charge in [-0.1, -0.05) is 66.7 Å². The van der Waals surface area contributed by atoms with E-state index in [2.05, 4.69) is 10.3 Å². The summed E-state index contributed by atoms with van der Waals surface area (Å²) in [6.07, 6.45) is -2.92. The lowest BCUT2D eigenvalue weighted by molar-refractivity contribution is -0.138. The van der Waals surface area contributed by atoms with Crippen LogP contribution in [0.15, 0.2) is 85.1 Å². The molecule has 4 aromatic rings. The van der Waals surface area contributed by atoms with Gasteiger partial charge in [-0.25, -0.2) is 0 Å². The van der Waals surface area contributed by atoms with Crippen molar-refractivity contribution in [2.75, 3.05) is 0 Å². The first kappa shape index (κ1) is 21.7. The van der Waals surface area contributed by atoms with Crippen molar-refractivity contribution in [3.63, 3.8) is 0 Å². The number of hydrogen-bond donors (Lipinski definition) is 2. The quantitative estimate of drug-likeness (QED) is 0.352. The molecular formula is C26H23F3N2O. The molecule has 32 heavy (non-hydrogen) atoms. The van der Waals surface area contributed by atoms with Gasteiger partial charge in [-0.15, -0.1) is 0 Å². The van der Waals surface area contributed by atoms with Crippen LogP contribution in [0.2, 0.25) is 0 Å². The number of hydrogen-bond acceptors (Lipinski definition) is 1. The number of nitrogens with one attached hydrogen (secondary N) is 2. The molecule has 0 fully saturated rings. The largest absolute Gasteiger partial charge is 0.416 e. The van der Waals surface area contributed by atoms with Gasteiger partial charge in [-0.05, 0) is 35.7 Å². The molecule has 3 aromatic carbocycles. The minimum absolute atomic E-state index is 0.0901.